The van der Waals surface area contributed by atoms with Crippen molar-refractivity contribution < 1.29 is 13.9 Å². The van der Waals surface area contributed by atoms with Gasteiger partial charge < -0.3 is 14.4 Å². The van der Waals surface area contributed by atoms with Crippen LogP contribution in [0.5, 0.6) is 5.88 Å². The van der Waals surface area contributed by atoms with E-state index in [1.807, 2.05) is 18.2 Å². The molecule has 1 saturated carbocycles. The summed E-state index contributed by atoms with van der Waals surface area (Å²) in [5, 5.41) is 5.05. The second kappa shape index (κ2) is 7.94. The Hall–Kier alpha value is -2.74. The fraction of sp³-hybridized carbons (Fsp3) is 0.476. The fourth-order valence-corrected chi connectivity index (χ4v) is 4.18. The van der Waals surface area contributed by atoms with E-state index in [9.17, 15) is 4.39 Å². The average Bonchev–Trinajstić information content (AvgIpc) is 3.21. The lowest BCUT2D eigenvalue weighted by atomic mass is 9.93. The van der Waals surface area contributed by atoms with Gasteiger partial charge in [-0.05, 0) is 37.8 Å². The number of ether oxygens (including phenoxy) is 2. The molecular formula is C21H24FN5O2. The van der Waals surface area contributed by atoms with Crippen molar-refractivity contribution in [2.75, 3.05) is 31.2 Å². The molecule has 7 nitrogen and oxygen atoms in total. The second-order valence-corrected chi connectivity index (χ2v) is 7.64. The van der Waals surface area contributed by atoms with E-state index in [-0.39, 0.29) is 18.0 Å². The Morgan fingerprint density at radius 2 is 1.97 bits per heavy atom. The summed E-state index contributed by atoms with van der Waals surface area (Å²) in [5.41, 5.74) is 0.889. The van der Waals surface area contributed by atoms with E-state index >= 15 is 0 Å². The zero-order valence-corrected chi connectivity index (χ0v) is 16.2. The average molecular weight is 397 g/mol. The van der Waals surface area contributed by atoms with Crippen molar-refractivity contribution in [1.82, 2.24) is 19.7 Å². The highest BCUT2D eigenvalue weighted by Crippen LogP contribution is 2.33. The number of pyridine rings is 2. The van der Waals surface area contributed by atoms with Gasteiger partial charge in [-0.2, -0.15) is 10.1 Å². The summed E-state index contributed by atoms with van der Waals surface area (Å²) in [5.74, 6) is 1.24. The minimum atomic E-state index is -0.286. The van der Waals surface area contributed by atoms with Gasteiger partial charge in [0.25, 0.3) is 0 Å². The monoisotopic (exact) mass is 397 g/mol. The van der Waals surface area contributed by atoms with Gasteiger partial charge in [-0.25, -0.2) is 4.39 Å². The fourth-order valence-electron chi connectivity index (χ4n) is 4.18. The molecule has 0 bridgehead atoms. The number of rotatable bonds is 4. The molecular weight excluding hydrogens is 373 g/mol. The summed E-state index contributed by atoms with van der Waals surface area (Å²) < 4.78 is 26.8. The SMILES string of the molecule is Fc1cnn(C2CCC(Oc3nc(N4CCOCC4)cc4ncccc34)CC2)c1. The van der Waals surface area contributed by atoms with Crippen molar-refractivity contribution in [2.45, 2.75) is 37.8 Å². The van der Waals surface area contributed by atoms with Crippen molar-refractivity contribution in [3.63, 3.8) is 0 Å². The number of hydrogen-bond acceptors (Lipinski definition) is 6. The lowest BCUT2D eigenvalue weighted by molar-refractivity contribution is 0.120. The van der Waals surface area contributed by atoms with Gasteiger partial charge in [0.1, 0.15) is 11.9 Å². The molecule has 0 amide bonds. The first-order valence-electron chi connectivity index (χ1n) is 10.2. The van der Waals surface area contributed by atoms with E-state index < -0.39 is 0 Å². The smallest absolute Gasteiger partial charge is 0.225 e. The van der Waals surface area contributed by atoms with Crippen LogP contribution in [0, 0.1) is 5.82 Å². The molecule has 0 aromatic carbocycles. The first kappa shape index (κ1) is 18.3. The van der Waals surface area contributed by atoms with Gasteiger partial charge in [-0.3, -0.25) is 9.67 Å². The number of aromatic nitrogens is 4. The van der Waals surface area contributed by atoms with Gasteiger partial charge >= 0.3 is 0 Å². The van der Waals surface area contributed by atoms with Crippen molar-refractivity contribution >= 4 is 16.7 Å². The zero-order valence-electron chi connectivity index (χ0n) is 16.2. The first-order valence-corrected chi connectivity index (χ1v) is 10.2. The number of anilines is 1. The van der Waals surface area contributed by atoms with Crippen LogP contribution in [0.4, 0.5) is 10.2 Å². The molecule has 5 rings (SSSR count). The van der Waals surface area contributed by atoms with Crippen molar-refractivity contribution in [3.8, 4) is 5.88 Å². The molecule has 152 valence electrons. The molecule has 0 N–H and O–H groups in total. The van der Waals surface area contributed by atoms with Crippen LogP contribution in [-0.4, -0.2) is 52.2 Å². The summed E-state index contributed by atoms with van der Waals surface area (Å²) in [4.78, 5) is 11.6. The van der Waals surface area contributed by atoms with Crippen LogP contribution in [0.2, 0.25) is 0 Å². The van der Waals surface area contributed by atoms with Crippen LogP contribution in [0.3, 0.4) is 0 Å². The molecule has 0 atom stereocenters. The molecule has 0 radical (unpaired) electrons. The Balaban J connectivity index is 1.34. The van der Waals surface area contributed by atoms with Crippen LogP contribution >= 0.6 is 0 Å². The zero-order chi connectivity index (χ0) is 19.6. The highest BCUT2D eigenvalue weighted by Gasteiger charge is 2.26. The quantitative estimate of drug-likeness (QED) is 0.673. The Kier molecular flexibility index (Phi) is 5.01. The van der Waals surface area contributed by atoms with Crippen LogP contribution in [-0.2, 0) is 4.74 Å². The molecule has 29 heavy (non-hydrogen) atoms. The van der Waals surface area contributed by atoms with Gasteiger partial charge in [-0.15, -0.1) is 0 Å². The minimum absolute atomic E-state index is 0.0857. The summed E-state index contributed by atoms with van der Waals surface area (Å²) in [6, 6.07) is 6.17. The van der Waals surface area contributed by atoms with Crippen molar-refractivity contribution in [3.05, 3.63) is 42.6 Å². The Morgan fingerprint density at radius 3 is 2.72 bits per heavy atom. The van der Waals surface area contributed by atoms with E-state index in [2.05, 4.69) is 15.0 Å². The molecule has 1 aliphatic heterocycles. The Morgan fingerprint density at radius 1 is 1.14 bits per heavy atom. The van der Waals surface area contributed by atoms with E-state index in [1.165, 1.54) is 12.4 Å². The third-order valence-corrected chi connectivity index (χ3v) is 5.75. The number of morpholine rings is 1. The first-order chi connectivity index (χ1) is 14.3. The van der Waals surface area contributed by atoms with Crippen LogP contribution < -0.4 is 9.64 Å². The standard InChI is InChI=1S/C21H24FN5O2/c22-15-13-24-27(14-15)16-3-5-17(6-4-16)29-21-18-2-1-7-23-19(18)12-20(25-21)26-8-10-28-11-9-26/h1-2,7,12-14,16-17H,3-6,8-11H2. The van der Waals surface area contributed by atoms with E-state index in [0.29, 0.717) is 19.1 Å². The molecule has 8 heteroatoms. The lowest BCUT2D eigenvalue weighted by Gasteiger charge is -2.30. The summed E-state index contributed by atoms with van der Waals surface area (Å²) in [6.45, 7) is 3.04. The predicted molar refractivity (Wildman–Crippen MR) is 107 cm³/mol. The molecule has 4 heterocycles. The highest BCUT2D eigenvalue weighted by molar-refractivity contribution is 5.85. The molecule has 2 fully saturated rings. The summed E-state index contributed by atoms with van der Waals surface area (Å²) in [6.07, 6.45) is 8.21. The molecule has 1 aliphatic carbocycles. The second-order valence-electron chi connectivity index (χ2n) is 7.64. The van der Waals surface area contributed by atoms with Gasteiger partial charge in [0, 0.05) is 25.4 Å². The Labute approximate surface area is 168 Å². The van der Waals surface area contributed by atoms with Gasteiger partial charge in [-0.1, -0.05) is 0 Å². The maximum atomic E-state index is 13.3. The number of fused-ring (bicyclic) bond motifs is 1. The molecule has 0 spiro atoms. The Bertz CT molecular complexity index is 980. The number of halogens is 1. The van der Waals surface area contributed by atoms with Crippen LogP contribution in [0.25, 0.3) is 10.9 Å². The van der Waals surface area contributed by atoms with Gasteiger partial charge in [0.15, 0.2) is 5.82 Å². The number of hydrogen-bond donors (Lipinski definition) is 0. The molecule has 3 aromatic heterocycles. The third kappa shape index (κ3) is 3.89. The highest BCUT2D eigenvalue weighted by atomic mass is 19.1. The van der Waals surface area contributed by atoms with Crippen LogP contribution in [0.15, 0.2) is 36.8 Å². The maximum absolute atomic E-state index is 13.3. The molecule has 1 saturated heterocycles. The van der Waals surface area contributed by atoms with E-state index in [0.717, 1.165) is 55.5 Å². The molecule has 0 unspecified atom stereocenters. The normalized spacial score (nSPS) is 22.7. The molecule has 3 aromatic rings. The van der Waals surface area contributed by atoms with Gasteiger partial charge in [0.2, 0.25) is 5.88 Å². The minimum Gasteiger partial charge on any atom is -0.474 e. The van der Waals surface area contributed by atoms with Crippen molar-refractivity contribution in [1.29, 1.82) is 0 Å². The lowest BCUT2D eigenvalue weighted by Crippen LogP contribution is -2.36. The number of nitrogens with zero attached hydrogens (tertiary/aromatic N) is 5. The summed E-state index contributed by atoms with van der Waals surface area (Å²) in [7, 11) is 0. The van der Waals surface area contributed by atoms with Crippen LogP contribution in [0.1, 0.15) is 31.7 Å². The molecule has 2 aliphatic rings. The largest absolute Gasteiger partial charge is 0.474 e. The topological polar surface area (TPSA) is 65.3 Å². The summed E-state index contributed by atoms with van der Waals surface area (Å²) >= 11 is 0. The van der Waals surface area contributed by atoms with Crippen molar-refractivity contribution in [2.24, 2.45) is 0 Å². The maximum Gasteiger partial charge on any atom is 0.225 e. The predicted octanol–water partition coefficient (Wildman–Crippen LogP) is 3.36. The van der Waals surface area contributed by atoms with E-state index in [1.54, 1.807) is 10.9 Å². The van der Waals surface area contributed by atoms with E-state index in [4.69, 9.17) is 14.5 Å². The van der Waals surface area contributed by atoms with Gasteiger partial charge in [0.05, 0.1) is 42.6 Å². The third-order valence-electron chi connectivity index (χ3n) is 5.75.